The number of aromatic nitrogens is 4. The Morgan fingerprint density at radius 1 is 1.13 bits per heavy atom. The van der Waals surface area contributed by atoms with Crippen molar-refractivity contribution in [2.24, 2.45) is 5.14 Å². The van der Waals surface area contributed by atoms with E-state index in [0.29, 0.717) is 48.0 Å². The molecule has 13 heteroatoms. The normalized spacial score (nSPS) is 19.3. The topological polar surface area (TPSA) is 156 Å². The summed E-state index contributed by atoms with van der Waals surface area (Å²) < 4.78 is 26.3. The average Bonchev–Trinajstić information content (AvgIpc) is 3.38. The molecule has 2 aliphatic rings. The molecule has 1 atom stereocenters. The fraction of sp³-hybridized carbons (Fsp3) is 0.480. The van der Waals surface area contributed by atoms with Crippen molar-refractivity contribution >= 4 is 44.5 Å². The fourth-order valence-corrected chi connectivity index (χ4v) is 6.35. The summed E-state index contributed by atoms with van der Waals surface area (Å²) >= 11 is 0. The van der Waals surface area contributed by atoms with Gasteiger partial charge in [0.2, 0.25) is 5.95 Å². The molecule has 0 spiro atoms. The van der Waals surface area contributed by atoms with Crippen LogP contribution < -0.4 is 20.9 Å². The molecule has 3 aromatic heterocycles. The molecule has 0 amide bonds. The lowest BCUT2D eigenvalue weighted by molar-refractivity contribution is 0.101. The van der Waals surface area contributed by atoms with Crippen LogP contribution in [0.2, 0.25) is 0 Å². The first-order valence-corrected chi connectivity index (χ1v) is 14.2. The van der Waals surface area contributed by atoms with E-state index in [4.69, 9.17) is 10.1 Å². The molecule has 3 aromatic rings. The van der Waals surface area contributed by atoms with Crippen molar-refractivity contribution in [2.45, 2.75) is 58.5 Å². The van der Waals surface area contributed by atoms with Crippen LogP contribution in [0.5, 0.6) is 0 Å². The number of anilines is 3. The van der Waals surface area contributed by atoms with Crippen molar-refractivity contribution < 1.29 is 13.2 Å². The lowest BCUT2D eigenvalue weighted by atomic mass is 10.0. The van der Waals surface area contributed by atoms with Gasteiger partial charge in [0, 0.05) is 43.3 Å². The molecule has 1 aliphatic carbocycles. The summed E-state index contributed by atoms with van der Waals surface area (Å²) in [6.45, 7) is 6.23. The predicted molar refractivity (Wildman–Crippen MR) is 145 cm³/mol. The lowest BCUT2D eigenvalue weighted by Gasteiger charge is -2.39. The van der Waals surface area contributed by atoms with Crippen LogP contribution in [0.1, 0.15) is 61.5 Å². The summed E-state index contributed by atoms with van der Waals surface area (Å²) in [5.41, 5.74) is 1.87. The highest BCUT2D eigenvalue weighted by atomic mass is 32.2. The van der Waals surface area contributed by atoms with Crippen LogP contribution in [0.25, 0.3) is 11.0 Å². The third-order valence-corrected chi connectivity index (χ3v) is 8.57. The van der Waals surface area contributed by atoms with Gasteiger partial charge in [0.05, 0.1) is 17.4 Å². The number of aryl methyl sites for hydroxylation is 1. The molecule has 202 valence electrons. The second kappa shape index (κ2) is 10.0. The Labute approximate surface area is 221 Å². The maximum Gasteiger partial charge on any atom is 0.277 e. The third kappa shape index (κ3) is 4.88. The highest BCUT2D eigenvalue weighted by Crippen LogP contribution is 2.32. The first-order valence-electron chi connectivity index (χ1n) is 12.7. The van der Waals surface area contributed by atoms with E-state index in [1.54, 1.807) is 30.0 Å². The van der Waals surface area contributed by atoms with Crippen molar-refractivity contribution in [1.29, 1.82) is 0 Å². The lowest BCUT2D eigenvalue weighted by Crippen LogP contribution is -2.55. The third-order valence-electron chi connectivity index (χ3n) is 7.52. The second-order valence-corrected chi connectivity index (χ2v) is 11.6. The number of piperazine rings is 1. The zero-order valence-corrected chi connectivity index (χ0v) is 22.5. The van der Waals surface area contributed by atoms with Gasteiger partial charge in [-0.3, -0.25) is 14.2 Å². The van der Waals surface area contributed by atoms with Crippen LogP contribution in [0.4, 0.5) is 17.5 Å². The minimum atomic E-state index is -3.71. The summed E-state index contributed by atoms with van der Waals surface area (Å²) in [7, 11) is -3.71. The van der Waals surface area contributed by atoms with Crippen LogP contribution in [0, 0.1) is 6.92 Å². The average molecular weight is 541 g/mol. The van der Waals surface area contributed by atoms with E-state index in [-0.39, 0.29) is 29.0 Å². The van der Waals surface area contributed by atoms with Gasteiger partial charge < -0.3 is 10.2 Å². The molecule has 3 N–H and O–H groups in total. The van der Waals surface area contributed by atoms with Crippen molar-refractivity contribution in [1.82, 2.24) is 23.8 Å². The van der Waals surface area contributed by atoms with E-state index in [0.717, 1.165) is 31.4 Å². The van der Waals surface area contributed by atoms with Gasteiger partial charge in [0.25, 0.3) is 15.8 Å². The molecule has 2 fully saturated rings. The molecule has 0 aromatic carbocycles. The van der Waals surface area contributed by atoms with Gasteiger partial charge in [0.15, 0.2) is 5.78 Å². The Bertz CT molecular complexity index is 1550. The number of hydrogen-bond acceptors (Lipinski definition) is 9. The smallest absolute Gasteiger partial charge is 0.277 e. The van der Waals surface area contributed by atoms with Gasteiger partial charge in [-0.15, -0.1) is 0 Å². The van der Waals surface area contributed by atoms with Crippen LogP contribution in [-0.4, -0.2) is 63.7 Å². The maximum absolute atomic E-state index is 13.4. The molecule has 0 radical (unpaired) electrons. The van der Waals surface area contributed by atoms with E-state index in [1.807, 2.05) is 13.0 Å². The number of nitrogens with one attached hydrogen (secondary N) is 1. The standard InChI is InChI=1S/C25H32N8O4S/c1-15-14-31(38(26,36)37)10-11-32(15)19-8-9-21(27-12-19)29-25-28-13-20-16(2)22(17(3)34)24(35)33(23(20)30-25)18-6-4-5-7-18/h8-9,12-13,15,18H,4-7,10-11,14H2,1-3H3,(H2,26,36,37)(H,27,28,29,30)/t15-/m0/s1. The Kier molecular flexibility index (Phi) is 6.92. The van der Waals surface area contributed by atoms with Gasteiger partial charge in [-0.2, -0.15) is 17.7 Å². The van der Waals surface area contributed by atoms with Gasteiger partial charge in [-0.25, -0.2) is 15.1 Å². The second-order valence-electron chi connectivity index (χ2n) is 10.1. The Balaban J connectivity index is 1.42. The number of rotatable bonds is 6. The molecule has 0 unspecified atom stereocenters. The first kappa shape index (κ1) is 26.2. The number of carbonyl (C=O) groups excluding carboxylic acids is 1. The highest BCUT2D eigenvalue weighted by molar-refractivity contribution is 7.86. The summed E-state index contributed by atoms with van der Waals surface area (Å²) in [6, 6.07) is 3.63. The summed E-state index contributed by atoms with van der Waals surface area (Å²) in [4.78, 5) is 41.4. The summed E-state index contributed by atoms with van der Waals surface area (Å²) in [5.74, 6) is 0.567. The quantitative estimate of drug-likeness (QED) is 0.448. The van der Waals surface area contributed by atoms with E-state index in [9.17, 15) is 18.0 Å². The first-order chi connectivity index (χ1) is 18.0. The van der Waals surface area contributed by atoms with E-state index < -0.39 is 10.2 Å². The van der Waals surface area contributed by atoms with E-state index >= 15 is 0 Å². The number of nitrogens with two attached hydrogens (primary N) is 1. The van der Waals surface area contributed by atoms with Gasteiger partial charge in [-0.1, -0.05) is 12.8 Å². The molecule has 5 rings (SSSR count). The molecule has 4 heterocycles. The number of nitrogens with zero attached hydrogens (tertiary/aromatic N) is 6. The van der Waals surface area contributed by atoms with Gasteiger partial charge in [0.1, 0.15) is 11.5 Å². The number of carbonyl (C=O) groups is 1. The van der Waals surface area contributed by atoms with Crippen LogP contribution in [-0.2, 0) is 10.2 Å². The fourth-order valence-electron chi connectivity index (χ4n) is 5.59. The highest BCUT2D eigenvalue weighted by Gasteiger charge is 2.29. The minimum Gasteiger partial charge on any atom is -0.365 e. The number of ketones is 1. The number of hydrogen-bond donors (Lipinski definition) is 2. The Morgan fingerprint density at radius 2 is 1.87 bits per heavy atom. The van der Waals surface area contributed by atoms with Crippen molar-refractivity contribution in [3.8, 4) is 0 Å². The number of Topliss-reactive ketones (excluding diaryl/α,β-unsaturated/α-hetero) is 1. The minimum absolute atomic E-state index is 0.000531. The summed E-state index contributed by atoms with van der Waals surface area (Å²) in [5, 5.41) is 9.08. The van der Waals surface area contributed by atoms with Gasteiger partial charge >= 0.3 is 0 Å². The molecular weight excluding hydrogens is 508 g/mol. The van der Waals surface area contributed by atoms with Crippen molar-refractivity contribution in [2.75, 3.05) is 29.9 Å². The molecule has 0 bridgehead atoms. The Hall–Kier alpha value is -3.42. The maximum atomic E-state index is 13.4. The molecule has 1 saturated heterocycles. The Morgan fingerprint density at radius 3 is 2.47 bits per heavy atom. The predicted octanol–water partition coefficient (Wildman–Crippen LogP) is 2.27. The van der Waals surface area contributed by atoms with Crippen LogP contribution in [0.15, 0.2) is 29.3 Å². The van der Waals surface area contributed by atoms with E-state index in [1.165, 1.54) is 11.2 Å². The monoisotopic (exact) mass is 540 g/mol. The van der Waals surface area contributed by atoms with Crippen LogP contribution >= 0.6 is 0 Å². The molecule has 1 saturated carbocycles. The summed E-state index contributed by atoms with van der Waals surface area (Å²) in [6.07, 6.45) is 7.17. The SMILES string of the molecule is CC(=O)c1c(C)c2cnc(Nc3ccc(N4CCN(S(N)(=O)=O)C[C@@H]4C)cn3)nc2n(C2CCCC2)c1=O. The molecular formula is C25H32N8O4S. The zero-order chi connectivity index (χ0) is 27.2. The van der Waals surface area contributed by atoms with Crippen LogP contribution in [0.3, 0.4) is 0 Å². The largest absolute Gasteiger partial charge is 0.365 e. The molecule has 12 nitrogen and oxygen atoms in total. The van der Waals surface area contributed by atoms with Crippen molar-refractivity contribution in [3.63, 3.8) is 0 Å². The van der Waals surface area contributed by atoms with Gasteiger partial charge in [-0.05, 0) is 51.3 Å². The van der Waals surface area contributed by atoms with E-state index in [2.05, 4.69) is 20.2 Å². The zero-order valence-electron chi connectivity index (χ0n) is 21.7. The number of fused-ring (bicyclic) bond motifs is 1. The number of pyridine rings is 2. The van der Waals surface area contributed by atoms with Crippen molar-refractivity contribution in [3.05, 3.63) is 46.0 Å². The molecule has 38 heavy (non-hydrogen) atoms. The molecule has 1 aliphatic heterocycles.